The number of hydrogen-bond donors (Lipinski definition) is 2. The topological polar surface area (TPSA) is 162 Å². The van der Waals surface area contributed by atoms with E-state index in [1.54, 1.807) is 17.9 Å². The summed E-state index contributed by atoms with van der Waals surface area (Å²) >= 11 is 0. The molecule has 4 amide bonds. The van der Waals surface area contributed by atoms with E-state index in [1.807, 2.05) is 6.92 Å². The molecule has 196 valence electrons. The highest BCUT2D eigenvalue weighted by Crippen LogP contribution is 2.50. The van der Waals surface area contributed by atoms with E-state index in [-0.39, 0.29) is 60.6 Å². The molecular weight excluding hydrogens is 491 g/mol. The minimum absolute atomic E-state index is 0.0660. The molecule has 2 fully saturated rings. The van der Waals surface area contributed by atoms with Gasteiger partial charge >= 0.3 is 12.1 Å². The number of methoxy groups -OCH3 is 1. The highest BCUT2D eigenvalue weighted by atomic mass is 19.1. The van der Waals surface area contributed by atoms with Crippen LogP contribution in [0.1, 0.15) is 19.4 Å². The van der Waals surface area contributed by atoms with E-state index in [9.17, 15) is 14.4 Å². The Morgan fingerprint density at radius 2 is 2.11 bits per heavy atom. The van der Waals surface area contributed by atoms with Crippen LogP contribution in [0.3, 0.4) is 0 Å². The van der Waals surface area contributed by atoms with Gasteiger partial charge in [0.2, 0.25) is 11.5 Å². The molecule has 4 aliphatic rings. The van der Waals surface area contributed by atoms with Crippen molar-refractivity contribution < 1.29 is 37.5 Å². The van der Waals surface area contributed by atoms with Crippen molar-refractivity contribution in [2.45, 2.75) is 44.6 Å². The van der Waals surface area contributed by atoms with E-state index in [0.29, 0.717) is 5.56 Å². The van der Waals surface area contributed by atoms with Gasteiger partial charge in [-0.25, -0.2) is 18.9 Å². The summed E-state index contributed by atoms with van der Waals surface area (Å²) in [5.41, 5.74) is 5.30. The smallest absolute Gasteiger partial charge is 0.416 e. The summed E-state index contributed by atoms with van der Waals surface area (Å²) in [5.74, 6) is -1.41. The fourth-order valence-electron chi connectivity index (χ4n) is 6.17. The fraction of sp³-hybridized carbons (Fsp3) is 0.522. The number of aromatic nitrogens is 1. The Bertz CT molecular complexity index is 1380. The van der Waals surface area contributed by atoms with Crippen molar-refractivity contribution in [3.05, 3.63) is 17.4 Å². The number of nitrogens with two attached hydrogens (primary N) is 1. The quantitative estimate of drug-likeness (QED) is 0.603. The molecule has 6 rings (SSSR count). The van der Waals surface area contributed by atoms with Crippen molar-refractivity contribution in [2.24, 2.45) is 16.1 Å². The van der Waals surface area contributed by atoms with E-state index in [1.165, 1.54) is 12.0 Å². The minimum Gasteiger partial charge on any atom is -0.447 e. The number of hydrogen-bond acceptors (Lipinski definition) is 10. The van der Waals surface area contributed by atoms with Gasteiger partial charge in [0.15, 0.2) is 11.6 Å². The van der Waals surface area contributed by atoms with Crippen molar-refractivity contribution in [3.8, 4) is 0 Å². The van der Waals surface area contributed by atoms with Gasteiger partial charge in [0.25, 0.3) is 0 Å². The number of urea groups is 1. The standard InChI is InChI=1S/C23H25FN6O7/c1-9-6-29-15-11(5-23(17(29)10(2)36-9)19(25)26-21(32)27-20(23)31)4-13-16(14(15)24)37-28-18(13)30-12(7-34-3)8-35-22(30)33/h4,9-10,12,17H,5-8H2,1-3H3,(H3,25,26,27,31,32). The summed E-state index contributed by atoms with van der Waals surface area (Å²) < 4.78 is 38.0. The zero-order chi connectivity index (χ0) is 26.2. The van der Waals surface area contributed by atoms with Gasteiger partial charge in [-0.1, -0.05) is 5.16 Å². The Morgan fingerprint density at radius 3 is 2.84 bits per heavy atom. The second kappa shape index (κ2) is 8.11. The summed E-state index contributed by atoms with van der Waals surface area (Å²) in [4.78, 5) is 44.8. The van der Waals surface area contributed by atoms with Crippen LogP contribution in [0.15, 0.2) is 15.6 Å². The van der Waals surface area contributed by atoms with Crippen LogP contribution in [0, 0.1) is 11.2 Å². The molecule has 2 saturated heterocycles. The van der Waals surface area contributed by atoms with Gasteiger partial charge in [0, 0.05) is 13.7 Å². The SMILES string of the molecule is COCC1COC(=O)N1c1noc2c(F)c3c(cc12)CC1(C(=O)NC(=O)N=C1N)C1C(C)OC(C)CN31. The number of morpholine rings is 1. The summed E-state index contributed by atoms with van der Waals surface area (Å²) in [6.45, 7) is 4.10. The Balaban J connectivity index is 1.57. The maximum absolute atomic E-state index is 16.2. The summed E-state index contributed by atoms with van der Waals surface area (Å²) in [7, 11) is 1.49. The Hall–Kier alpha value is -3.78. The molecule has 1 aromatic carbocycles. The van der Waals surface area contributed by atoms with Crippen molar-refractivity contribution in [2.75, 3.05) is 36.7 Å². The number of carbonyl (C=O) groups excluding carboxylic acids is 3. The third kappa shape index (κ3) is 3.18. The predicted octanol–water partition coefficient (Wildman–Crippen LogP) is 1.07. The maximum Gasteiger partial charge on any atom is 0.416 e. The number of imide groups is 1. The van der Waals surface area contributed by atoms with Crippen LogP contribution < -0.4 is 20.9 Å². The molecule has 5 heterocycles. The normalized spacial score (nSPS) is 31.4. The number of anilines is 2. The van der Waals surface area contributed by atoms with Gasteiger partial charge in [-0.3, -0.25) is 10.1 Å². The zero-order valence-electron chi connectivity index (χ0n) is 20.3. The van der Waals surface area contributed by atoms with Crippen LogP contribution in [0.4, 0.5) is 25.5 Å². The van der Waals surface area contributed by atoms with Gasteiger partial charge in [-0.2, -0.15) is 4.99 Å². The molecule has 4 aliphatic heterocycles. The first-order chi connectivity index (χ1) is 17.7. The Kier molecular flexibility index (Phi) is 5.18. The van der Waals surface area contributed by atoms with Gasteiger partial charge in [0.05, 0.1) is 42.0 Å². The van der Waals surface area contributed by atoms with Gasteiger partial charge in [-0.15, -0.1) is 0 Å². The first-order valence-electron chi connectivity index (χ1n) is 11.8. The average molecular weight is 516 g/mol. The number of rotatable bonds is 3. The largest absolute Gasteiger partial charge is 0.447 e. The lowest BCUT2D eigenvalue weighted by molar-refractivity contribution is -0.132. The Morgan fingerprint density at radius 1 is 1.32 bits per heavy atom. The van der Waals surface area contributed by atoms with Crippen molar-refractivity contribution in [1.82, 2.24) is 10.5 Å². The highest BCUT2D eigenvalue weighted by Gasteiger charge is 2.61. The number of ether oxygens (including phenoxy) is 3. The molecule has 13 nitrogen and oxygen atoms in total. The number of fused-ring (bicyclic) bond motifs is 5. The van der Waals surface area contributed by atoms with Gasteiger partial charge in [-0.05, 0) is 31.9 Å². The molecule has 3 N–H and O–H groups in total. The number of benzene rings is 1. The van der Waals surface area contributed by atoms with Crippen LogP contribution in [-0.2, 0) is 25.4 Å². The molecule has 0 bridgehead atoms. The van der Waals surface area contributed by atoms with E-state index in [2.05, 4.69) is 15.5 Å². The van der Waals surface area contributed by atoms with Crippen LogP contribution in [-0.4, -0.2) is 80.2 Å². The molecule has 0 saturated carbocycles. The number of cyclic esters (lactones) is 1. The number of nitrogens with one attached hydrogen (secondary N) is 1. The second-order valence-corrected chi connectivity index (χ2v) is 9.79. The van der Waals surface area contributed by atoms with E-state index < -0.39 is 47.5 Å². The summed E-state index contributed by atoms with van der Waals surface area (Å²) in [6.07, 6.45) is -1.58. The number of aliphatic imine (C=N–C) groups is 1. The maximum atomic E-state index is 16.2. The molecule has 1 aromatic heterocycles. The number of nitrogens with zero attached hydrogens (tertiary/aromatic N) is 4. The third-order valence-electron chi connectivity index (χ3n) is 7.53. The second-order valence-electron chi connectivity index (χ2n) is 9.79. The molecule has 5 unspecified atom stereocenters. The van der Waals surface area contributed by atoms with Crippen LogP contribution in [0.2, 0.25) is 0 Å². The van der Waals surface area contributed by atoms with Crippen LogP contribution >= 0.6 is 0 Å². The number of carbonyl (C=O) groups is 3. The predicted molar refractivity (Wildman–Crippen MR) is 126 cm³/mol. The highest BCUT2D eigenvalue weighted by molar-refractivity contribution is 6.20. The molecule has 2 aromatic rings. The minimum atomic E-state index is -1.50. The van der Waals surface area contributed by atoms with Gasteiger partial charge < -0.3 is 29.4 Å². The summed E-state index contributed by atoms with van der Waals surface area (Å²) in [5, 5.41) is 6.49. The van der Waals surface area contributed by atoms with E-state index in [0.717, 1.165) is 0 Å². The lowest BCUT2D eigenvalue weighted by Crippen LogP contribution is -2.72. The lowest BCUT2D eigenvalue weighted by Gasteiger charge is -2.55. The van der Waals surface area contributed by atoms with Crippen LogP contribution in [0.25, 0.3) is 11.0 Å². The lowest BCUT2D eigenvalue weighted by atomic mass is 9.66. The molecule has 1 spiro atoms. The fourth-order valence-corrected chi connectivity index (χ4v) is 6.17. The van der Waals surface area contributed by atoms with Crippen LogP contribution in [0.5, 0.6) is 0 Å². The molecule has 37 heavy (non-hydrogen) atoms. The first kappa shape index (κ1) is 23.6. The Labute approximate surface area is 209 Å². The van der Waals surface area contributed by atoms with E-state index in [4.69, 9.17) is 24.5 Å². The molecule has 0 radical (unpaired) electrons. The third-order valence-corrected chi connectivity index (χ3v) is 7.53. The first-order valence-corrected chi connectivity index (χ1v) is 11.8. The molecular formula is C23H25FN6O7. The monoisotopic (exact) mass is 516 g/mol. The number of amidine groups is 1. The average Bonchev–Trinajstić information content (AvgIpc) is 3.40. The van der Waals surface area contributed by atoms with Crippen molar-refractivity contribution in [1.29, 1.82) is 0 Å². The molecule has 0 aliphatic carbocycles. The summed E-state index contributed by atoms with van der Waals surface area (Å²) in [6, 6.07) is -0.459. The molecule has 5 atom stereocenters. The van der Waals surface area contributed by atoms with Crippen molar-refractivity contribution >= 4 is 46.3 Å². The number of halogens is 1. The van der Waals surface area contributed by atoms with E-state index >= 15 is 4.39 Å². The zero-order valence-corrected chi connectivity index (χ0v) is 20.3. The van der Waals surface area contributed by atoms with Gasteiger partial charge in [0.1, 0.15) is 17.9 Å². The number of amides is 4. The van der Waals surface area contributed by atoms with Crippen molar-refractivity contribution in [3.63, 3.8) is 0 Å². The molecule has 14 heteroatoms.